The summed E-state index contributed by atoms with van der Waals surface area (Å²) in [5, 5.41) is 2.15. The van der Waals surface area contributed by atoms with Gasteiger partial charge in [-0.1, -0.05) is 18.2 Å². The monoisotopic (exact) mass is 264 g/mol. The van der Waals surface area contributed by atoms with Gasteiger partial charge in [-0.25, -0.2) is 0 Å². The van der Waals surface area contributed by atoms with E-state index in [9.17, 15) is 0 Å². The van der Waals surface area contributed by atoms with E-state index >= 15 is 0 Å². The molecule has 1 aromatic heterocycles. The molecular weight excluding hydrogens is 248 g/mol. The Hall–Kier alpha value is -2.39. The molecule has 3 aromatic rings. The van der Waals surface area contributed by atoms with Gasteiger partial charge in [0.25, 0.3) is 0 Å². The lowest BCUT2D eigenvalue weighted by molar-refractivity contribution is 0.420. The molecule has 0 atom stereocenters. The summed E-state index contributed by atoms with van der Waals surface area (Å²) in [7, 11) is 1.68. The number of methoxy groups -OCH3 is 1. The molecular formula is C17H16N2O. The van der Waals surface area contributed by atoms with E-state index in [2.05, 4.69) is 23.2 Å². The smallest absolute Gasteiger partial charge is 0.126 e. The summed E-state index contributed by atoms with van der Waals surface area (Å²) in [6, 6.07) is 14.3. The topological polar surface area (TPSA) is 48.1 Å². The fourth-order valence-electron chi connectivity index (χ4n) is 2.46. The van der Waals surface area contributed by atoms with Crippen molar-refractivity contribution in [1.82, 2.24) is 4.98 Å². The van der Waals surface area contributed by atoms with Crippen molar-refractivity contribution in [1.29, 1.82) is 0 Å². The van der Waals surface area contributed by atoms with Crippen LogP contribution >= 0.6 is 0 Å². The molecule has 3 nitrogen and oxygen atoms in total. The number of aromatic nitrogens is 1. The van der Waals surface area contributed by atoms with E-state index in [-0.39, 0.29) is 0 Å². The average Bonchev–Trinajstić information content (AvgIpc) is 2.54. The van der Waals surface area contributed by atoms with Crippen LogP contribution in [0.15, 0.2) is 54.9 Å². The Morgan fingerprint density at radius 3 is 2.80 bits per heavy atom. The van der Waals surface area contributed by atoms with Gasteiger partial charge in [0, 0.05) is 29.7 Å². The van der Waals surface area contributed by atoms with Crippen molar-refractivity contribution in [3.8, 4) is 16.9 Å². The molecule has 0 aliphatic rings. The van der Waals surface area contributed by atoms with Crippen LogP contribution in [0.25, 0.3) is 21.9 Å². The van der Waals surface area contributed by atoms with Crippen molar-refractivity contribution in [2.45, 2.75) is 6.54 Å². The third-order valence-corrected chi connectivity index (χ3v) is 3.47. The normalized spacial score (nSPS) is 10.7. The SMILES string of the molecule is COc1ccc(-c2cccc(CN)c2)c2cnccc12. The first-order valence-electron chi connectivity index (χ1n) is 6.53. The summed E-state index contributed by atoms with van der Waals surface area (Å²) in [6.07, 6.45) is 3.66. The molecule has 0 unspecified atom stereocenters. The van der Waals surface area contributed by atoms with E-state index < -0.39 is 0 Å². The van der Waals surface area contributed by atoms with Gasteiger partial charge in [0.1, 0.15) is 5.75 Å². The van der Waals surface area contributed by atoms with E-state index in [1.165, 1.54) is 0 Å². The van der Waals surface area contributed by atoms with Crippen LogP contribution in [0.2, 0.25) is 0 Å². The molecule has 0 saturated heterocycles. The molecule has 100 valence electrons. The fraction of sp³-hybridized carbons (Fsp3) is 0.118. The number of nitrogens with two attached hydrogens (primary N) is 1. The van der Waals surface area contributed by atoms with Crippen molar-refractivity contribution >= 4 is 10.8 Å². The molecule has 20 heavy (non-hydrogen) atoms. The van der Waals surface area contributed by atoms with Crippen LogP contribution in [0.3, 0.4) is 0 Å². The number of nitrogens with zero attached hydrogens (tertiary/aromatic N) is 1. The van der Waals surface area contributed by atoms with Crippen LogP contribution < -0.4 is 10.5 Å². The molecule has 0 aliphatic carbocycles. The number of rotatable bonds is 3. The molecule has 0 fully saturated rings. The van der Waals surface area contributed by atoms with Gasteiger partial charge in [0.15, 0.2) is 0 Å². The van der Waals surface area contributed by atoms with Crippen LogP contribution in [0, 0.1) is 0 Å². The van der Waals surface area contributed by atoms with Crippen LogP contribution in [0.4, 0.5) is 0 Å². The Bertz CT molecular complexity index is 753. The number of benzene rings is 2. The third-order valence-electron chi connectivity index (χ3n) is 3.47. The van der Waals surface area contributed by atoms with Crippen molar-refractivity contribution in [3.05, 3.63) is 60.4 Å². The maximum atomic E-state index is 5.72. The fourth-order valence-corrected chi connectivity index (χ4v) is 2.46. The van der Waals surface area contributed by atoms with Gasteiger partial charge in [-0.15, -0.1) is 0 Å². The Kier molecular flexibility index (Phi) is 3.35. The predicted molar refractivity (Wildman–Crippen MR) is 81.6 cm³/mol. The molecule has 0 bridgehead atoms. The molecule has 3 heteroatoms. The molecule has 0 spiro atoms. The van der Waals surface area contributed by atoms with Gasteiger partial charge >= 0.3 is 0 Å². The third kappa shape index (κ3) is 2.12. The van der Waals surface area contributed by atoms with Crippen molar-refractivity contribution in [2.24, 2.45) is 5.73 Å². The highest BCUT2D eigenvalue weighted by atomic mass is 16.5. The number of pyridine rings is 1. The van der Waals surface area contributed by atoms with E-state index in [0.29, 0.717) is 6.54 Å². The molecule has 2 aromatic carbocycles. The van der Waals surface area contributed by atoms with Crippen LogP contribution in [-0.4, -0.2) is 12.1 Å². The molecule has 0 aliphatic heterocycles. The summed E-state index contributed by atoms with van der Waals surface area (Å²) in [4.78, 5) is 4.24. The second kappa shape index (κ2) is 5.31. The summed E-state index contributed by atoms with van der Waals surface area (Å²) >= 11 is 0. The van der Waals surface area contributed by atoms with Crippen molar-refractivity contribution in [2.75, 3.05) is 7.11 Å². The summed E-state index contributed by atoms with van der Waals surface area (Å²) < 4.78 is 5.42. The molecule has 0 radical (unpaired) electrons. The number of hydrogen-bond acceptors (Lipinski definition) is 3. The van der Waals surface area contributed by atoms with E-state index in [1.54, 1.807) is 13.3 Å². The minimum absolute atomic E-state index is 0.542. The van der Waals surface area contributed by atoms with Gasteiger partial charge in [0.2, 0.25) is 0 Å². The van der Waals surface area contributed by atoms with Crippen molar-refractivity contribution < 1.29 is 4.74 Å². The highest BCUT2D eigenvalue weighted by Crippen LogP contribution is 2.33. The lowest BCUT2D eigenvalue weighted by atomic mass is 9.98. The Balaban J connectivity index is 2.26. The van der Waals surface area contributed by atoms with Gasteiger partial charge in [-0.2, -0.15) is 0 Å². The molecule has 0 saturated carbocycles. The first kappa shape index (κ1) is 12.6. The molecule has 1 heterocycles. The Morgan fingerprint density at radius 1 is 1.10 bits per heavy atom. The largest absolute Gasteiger partial charge is 0.496 e. The molecule has 3 rings (SSSR count). The predicted octanol–water partition coefficient (Wildman–Crippen LogP) is 3.37. The van der Waals surface area contributed by atoms with Gasteiger partial charge < -0.3 is 10.5 Å². The Morgan fingerprint density at radius 2 is 2.00 bits per heavy atom. The van der Waals surface area contributed by atoms with Gasteiger partial charge in [-0.05, 0) is 41.0 Å². The zero-order valence-corrected chi connectivity index (χ0v) is 11.3. The first-order chi connectivity index (χ1) is 9.83. The average molecular weight is 264 g/mol. The van der Waals surface area contributed by atoms with Crippen molar-refractivity contribution in [3.63, 3.8) is 0 Å². The van der Waals surface area contributed by atoms with Crippen LogP contribution in [0.1, 0.15) is 5.56 Å². The lowest BCUT2D eigenvalue weighted by Crippen LogP contribution is -1.96. The second-order valence-electron chi connectivity index (χ2n) is 4.64. The Labute approximate surface area is 118 Å². The number of ether oxygens (including phenoxy) is 1. The standard InChI is InChI=1S/C17H16N2O/c1-20-17-6-5-14(16-11-19-8-7-15(16)17)13-4-2-3-12(9-13)10-18/h2-9,11H,10,18H2,1H3. The minimum atomic E-state index is 0.542. The maximum Gasteiger partial charge on any atom is 0.126 e. The zero-order valence-electron chi connectivity index (χ0n) is 11.3. The summed E-state index contributed by atoms with van der Waals surface area (Å²) in [6.45, 7) is 0.542. The minimum Gasteiger partial charge on any atom is -0.496 e. The summed E-state index contributed by atoms with van der Waals surface area (Å²) in [5.41, 5.74) is 9.13. The van der Waals surface area contributed by atoms with E-state index in [1.807, 2.05) is 30.5 Å². The molecule has 0 amide bonds. The van der Waals surface area contributed by atoms with Gasteiger partial charge in [-0.3, -0.25) is 4.98 Å². The van der Waals surface area contributed by atoms with Crippen LogP contribution in [-0.2, 0) is 6.54 Å². The highest BCUT2D eigenvalue weighted by molar-refractivity contribution is 5.99. The highest BCUT2D eigenvalue weighted by Gasteiger charge is 2.08. The van der Waals surface area contributed by atoms with Crippen LogP contribution in [0.5, 0.6) is 5.75 Å². The summed E-state index contributed by atoms with van der Waals surface area (Å²) in [5.74, 6) is 0.862. The maximum absolute atomic E-state index is 5.72. The number of hydrogen-bond donors (Lipinski definition) is 1. The quantitative estimate of drug-likeness (QED) is 0.789. The van der Waals surface area contributed by atoms with Gasteiger partial charge in [0.05, 0.1) is 7.11 Å². The number of fused-ring (bicyclic) bond motifs is 1. The molecule has 2 N–H and O–H groups in total. The zero-order chi connectivity index (χ0) is 13.9. The van der Waals surface area contributed by atoms with E-state index in [0.717, 1.165) is 33.2 Å². The second-order valence-corrected chi connectivity index (χ2v) is 4.64. The first-order valence-corrected chi connectivity index (χ1v) is 6.53. The lowest BCUT2D eigenvalue weighted by Gasteiger charge is -2.11. The van der Waals surface area contributed by atoms with E-state index in [4.69, 9.17) is 10.5 Å².